The van der Waals surface area contributed by atoms with E-state index in [0.717, 1.165) is 4.90 Å². The highest BCUT2D eigenvalue weighted by Gasteiger charge is 2.19. The number of thioether (sulfide) groups is 1. The molecule has 1 amide bonds. The molecule has 1 aliphatic heterocycles. The number of carbonyl (C=O) groups is 2. The molecular weight excluding hydrogens is 392 g/mol. The van der Waals surface area contributed by atoms with Crippen molar-refractivity contribution < 1.29 is 19.4 Å². The lowest BCUT2D eigenvalue weighted by Crippen LogP contribution is -2.19. The molecule has 144 valence electrons. The van der Waals surface area contributed by atoms with Crippen molar-refractivity contribution in [2.24, 2.45) is 0 Å². The Morgan fingerprint density at radius 1 is 1.31 bits per heavy atom. The zero-order valence-electron chi connectivity index (χ0n) is 14.9. The lowest BCUT2D eigenvalue weighted by molar-refractivity contribution is -0.113. The second-order valence-corrected chi connectivity index (χ2v) is 7.18. The number of allylic oxidation sites excluding steroid dienone is 1. The topological polar surface area (TPSA) is 128 Å². The molecule has 3 aromatic rings. The number of aliphatic hydroxyl groups excluding tert-OH is 1. The summed E-state index contributed by atoms with van der Waals surface area (Å²) in [6, 6.07) is 13.9. The summed E-state index contributed by atoms with van der Waals surface area (Å²) in [6.45, 7) is -0.489. The molecule has 0 atom stereocenters. The van der Waals surface area contributed by atoms with E-state index in [1.165, 1.54) is 17.8 Å². The number of ether oxygens (including phenoxy) is 1. The van der Waals surface area contributed by atoms with Crippen LogP contribution >= 0.6 is 11.8 Å². The van der Waals surface area contributed by atoms with Crippen LogP contribution in [0.4, 0.5) is 5.69 Å². The Morgan fingerprint density at radius 2 is 2.14 bits per heavy atom. The molecule has 0 saturated heterocycles. The van der Waals surface area contributed by atoms with Gasteiger partial charge in [-0.2, -0.15) is 5.26 Å². The number of H-pyrrole nitrogens is 1. The average molecular weight is 406 g/mol. The summed E-state index contributed by atoms with van der Waals surface area (Å²) < 4.78 is 5.13. The third-order valence-corrected chi connectivity index (χ3v) is 5.29. The number of benzene rings is 2. The number of esters is 1. The van der Waals surface area contributed by atoms with Gasteiger partial charge in [0, 0.05) is 4.90 Å². The van der Waals surface area contributed by atoms with Crippen molar-refractivity contribution in [3.63, 3.8) is 0 Å². The molecule has 0 spiro atoms. The third-order valence-electron chi connectivity index (χ3n) is 4.21. The fourth-order valence-electron chi connectivity index (χ4n) is 2.82. The first-order valence-corrected chi connectivity index (χ1v) is 9.55. The third kappa shape index (κ3) is 3.79. The minimum absolute atomic E-state index is 0.108. The van der Waals surface area contributed by atoms with Crippen LogP contribution in [0.15, 0.2) is 53.1 Å². The molecule has 1 aromatic heterocycles. The molecule has 1 aliphatic rings. The number of aromatic amines is 1. The highest BCUT2D eigenvalue weighted by molar-refractivity contribution is 8.00. The van der Waals surface area contributed by atoms with Crippen LogP contribution in [0.2, 0.25) is 0 Å². The number of nitriles is 1. The van der Waals surface area contributed by atoms with Crippen LogP contribution in [0, 0.1) is 11.3 Å². The van der Waals surface area contributed by atoms with Gasteiger partial charge in [-0.1, -0.05) is 12.1 Å². The van der Waals surface area contributed by atoms with Gasteiger partial charge in [-0.3, -0.25) is 4.79 Å². The van der Waals surface area contributed by atoms with Crippen molar-refractivity contribution in [3.8, 4) is 6.07 Å². The van der Waals surface area contributed by atoms with Crippen LogP contribution in [-0.4, -0.2) is 39.3 Å². The zero-order chi connectivity index (χ0) is 20.4. The lowest BCUT2D eigenvalue weighted by Gasteiger charge is -2.16. The normalized spacial score (nSPS) is 13.8. The van der Waals surface area contributed by atoms with Crippen LogP contribution in [0.5, 0.6) is 0 Å². The first-order chi connectivity index (χ1) is 14.0. The molecule has 0 saturated carbocycles. The van der Waals surface area contributed by atoms with Crippen LogP contribution in [0.3, 0.4) is 0 Å². The van der Waals surface area contributed by atoms with E-state index < -0.39 is 18.3 Å². The Balaban J connectivity index is 1.51. The number of fused-ring (bicyclic) bond motifs is 2. The number of para-hydroxylation sites is 2. The van der Waals surface area contributed by atoms with Gasteiger partial charge in [-0.25, -0.2) is 9.78 Å². The van der Waals surface area contributed by atoms with Crippen molar-refractivity contribution in [1.29, 1.82) is 5.26 Å². The van der Waals surface area contributed by atoms with Gasteiger partial charge in [-0.05, 0) is 30.3 Å². The summed E-state index contributed by atoms with van der Waals surface area (Å²) in [5, 5.41) is 22.4. The number of carbonyl (C=O) groups excluding carboxylic acids is 2. The second-order valence-electron chi connectivity index (χ2n) is 6.16. The quantitative estimate of drug-likeness (QED) is 0.345. The van der Waals surface area contributed by atoms with Crippen molar-refractivity contribution in [2.45, 2.75) is 4.90 Å². The standard InChI is InChI=1S/C20H14N4O4S/c21-8-12(19-23-13-3-1-2-4-14(13)24-19)16(25)9-28-20(27)11-5-6-17-15(7-11)22-18(26)10-29-17/h1-7,25H,9-10H2,(H,22,26)(H,23,24)/b16-12-. The van der Waals surface area contributed by atoms with E-state index in [0.29, 0.717) is 22.5 Å². The molecule has 0 bridgehead atoms. The number of rotatable bonds is 4. The summed E-state index contributed by atoms with van der Waals surface area (Å²) in [7, 11) is 0. The maximum atomic E-state index is 12.3. The smallest absolute Gasteiger partial charge is 0.338 e. The van der Waals surface area contributed by atoms with Crippen molar-refractivity contribution in [3.05, 3.63) is 59.6 Å². The number of aromatic nitrogens is 2. The zero-order valence-corrected chi connectivity index (χ0v) is 15.7. The minimum atomic E-state index is -0.689. The second kappa shape index (κ2) is 7.69. The van der Waals surface area contributed by atoms with E-state index in [1.807, 2.05) is 18.2 Å². The summed E-state index contributed by atoms with van der Waals surface area (Å²) in [4.78, 5) is 31.9. The number of nitrogens with zero attached hydrogens (tertiary/aromatic N) is 2. The lowest BCUT2D eigenvalue weighted by atomic mass is 10.2. The van der Waals surface area contributed by atoms with E-state index >= 15 is 0 Å². The molecule has 2 heterocycles. The van der Waals surface area contributed by atoms with Gasteiger partial charge < -0.3 is 20.1 Å². The number of hydrogen-bond donors (Lipinski definition) is 3. The minimum Gasteiger partial charge on any atom is -0.507 e. The van der Waals surface area contributed by atoms with Crippen molar-refractivity contribution >= 4 is 45.9 Å². The highest BCUT2D eigenvalue weighted by Crippen LogP contribution is 2.32. The highest BCUT2D eigenvalue weighted by atomic mass is 32.2. The van der Waals surface area contributed by atoms with E-state index in [4.69, 9.17) is 4.74 Å². The van der Waals surface area contributed by atoms with E-state index in [9.17, 15) is 20.0 Å². The predicted octanol–water partition coefficient (Wildman–Crippen LogP) is 3.26. The monoisotopic (exact) mass is 406 g/mol. The summed E-state index contributed by atoms with van der Waals surface area (Å²) in [6.07, 6.45) is 0. The first-order valence-electron chi connectivity index (χ1n) is 8.56. The Labute approximate surface area is 169 Å². The molecule has 3 N–H and O–H groups in total. The molecule has 9 heteroatoms. The fourth-order valence-corrected chi connectivity index (χ4v) is 3.61. The van der Waals surface area contributed by atoms with Gasteiger partial charge in [0.25, 0.3) is 0 Å². The number of aliphatic hydroxyl groups is 1. The molecule has 0 unspecified atom stereocenters. The number of imidazole rings is 1. The molecule has 2 aromatic carbocycles. The molecular formula is C20H14N4O4S. The van der Waals surface area contributed by atoms with Crippen LogP contribution in [-0.2, 0) is 9.53 Å². The Kier molecular flexibility index (Phi) is 4.93. The fraction of sp³-hybridized carbons (Fsp3) is 0.100. The summed E-state index contributed by atoms with van der Waals surface area (Å²) >= 11 is 1.38. The largest absolute Gasteiger partial charge is 0.507 e. The molecule has 0 aliphatic carbocycles. The van der Waals surface area contributed by atoms with Gasteiger partial charge in [0.05, 0.1) is 28.0 Å². The van der Waals surface area contributed by atoms with Crippen LogP contribution in [0.1, 0.15) is 16.2 Å². The number of amides is 1. The Bertz CT molecular complexity index is 1180. The van der Waals surface area contributed by atoms with E-state index in [1.54, 1.807) is 24.3 Å². The van der Waals surface area contributed by atoms with E-state index in [-0.39, 0.29) is 22.9 Å². The average Bonchev–Trinajstić information content (AvgIpc) is 3.15. The molecule has 0 fully saturated rings. The SMILES string of the molecule is N#C/C(=C(/O)COC(=O)c1ccc2c(c1)NC(=O)CS2)c1nc2ccccc2[nH]1. The molecule has 0 radical (unpaired) electrons. The van der Waals surface area contributed by atoms with Crippen LogP contribution < -0.4 is 5.32 Å². The summed E-state index contributed by atoms with van der Waals surface area (Å²) in [5.41, 5.74) is 2.02. The maximum Gasteiger partial charge on any atom is 0.338 e. The molecule has 8 nitrogen and oxygen atoms in total. The molecule has 29 heavy (non-hydrogen) atoms. The van der Waals surface area contributed by atoms with Crippen LogP contribution in [0.25, 0.3) is 16.6 Å². The predicted molar refractivity (Wildman–Crippen MR) is 107 cm³/mol. The van der Waals surface area contributed by atoms with E-state index in [2.05, 4.69) is 15.3 Å². The van der Waals surface area contributed by atoms with Crippen molar-refractivity contribution in [2.75, 3.05) is 17.7 Å². The maximum absolute atomic E-state index is 12.3. The number of anilines is 1. The summed E-state index contributed by atoms with van der Waals surface area (Å²) in [5.74, 6) is -0.726. The Morgan fingerprint density at radius 3 is 2.93 bits per heavy atom. The van der Waals surface area contributed by atoms with Gasteiger partial charge in [0.2, 0.25) is 5.91 Å². The molecule has 4 rings (SSSR count). The number of nitrogens with one attached hydrogen (secondary N) is 2. The Hall–Kier alpha value is -3.77. The first kappa shape index (κ1) is 18.6. The van der Waals surface area contributed by atoms with Gasteiger partial charge in [0.1, 0.15) is 18.2 Å². The van der Waals surface area contributed by atoms with Gasteiger partial charge >= 0.3 is 5.97 Å². The van der Waals surface area contributed by atoms with Crippen molar-refractivity contribution in [1.82, 2.24) is 9.97 Å². The van der Waals surface area contributed by atoms with Gasteiger partial charge in [0.15, 0.2) is 11.6 Å². The number of hydrogen-bond acceptors (Lipinski definition) is 7. The van der Waals surface area contributed by atoms with Gasteiger partial charge in [-0.15, -0.1) is 11.8 Å².